The van der Waals surface area contributed by atoms with Crippen molar-refractivity contribution in [2.45, 2.75) is 37.5 Å². The first-order valence-corrected chi connectivity index (χ1v) is 12.6. The Morgan fingerprint density at radius 2 is 0.857 bits per heavy atom. The Hall–Kier alpha value is -3.97. The van der Waals surface area contributed by atoms with Crippen LogP contribution in [0.1, 0.15) is 22.3 Å². The van der Waals surface area contributed by atoms with Crippen LogP contribution in [-0.2, 0) is 9.84 Å². The molecule has 0 spiro atoms. The molecule has 180 valence electrons. The summed E-state index contributed by atoms with van der Waals surface area (Å²) in [5, 5.41) is 0. The van der Waals surface area contributed by atoms with Crippen LogP contribution in [0.5, 0.6) is 23.0 Å². The molecule has 0 aromatic heterocycles. The van der Waals surface area contributed by atoms with Crippen molar-refractivity contribution in [2.24, 2.45) is 0 Å². The fourth-order valence-electron chi connectivity index (χ4n) is 3.62. The van der Waals surface area contributed by atoms with Crippen molar-refractivity contribution in [3.05, 3.63) is 95.1 Å². The molecule has 0 aliphatic carbocycles. The number of rotatable bonds is 6. The van der Waals surface area contributed by atoms with Crippen LogP contribution >= 0.6 is 0 Å². The van der Waals surface area contributed by atoms with Gasteiger partial charge in [-0.25, -0.2) is 8.42 Å². The van der Waals surface area contributed by atoms with Gasteiger partial charge in [-0.1, -0.05) is 0 Å². The fraction of sp³-hybridized carbons (Fsp3) is 0.143. The second kappa shape index (κ2) is 9.35. The summed E-state index contributed by atoms with van der Waals surface area (Å²) in [5.74, 6) is 2.42. The quantitative estimate of drug-likeness (QED) is 0.300. The molecular weight excluding hydrogens is 460 g/mol. The molecule has 0 aliphatic rings. The molecule has 0 bridgehead atoms. The van der Waals surface area contributed by atoms with Crippen LogP contribution in [0.25, 0.3) is 0 Å². The molecule has 35 heavy (non-hydrogen) atoms. The summed E-state index contributed by atoms with van der Waals surface area (Å²) in [6.07, 6.45) is 0. The first kappa shape index (κ1) is 24.2. The maximum absolute atomic E-state index is 13.1. The third kappa shape index (κ3) is 4.81. The Bertz CT molecular complexity index is 1380. The maximum atomic E-state index is 13.1. The summed E-state index contributed by atoms with van der Waals surface area (Å²) < 4.78 is 38.2. The Kier molecular flexibility index (Phi) is 6.45. The number of ether oxygens (including phenoxy) is 2. The summed E-state index contributed by atoms with van der Waals surface area (Å²) in [6.45, 7) is 7.73. The average molecular weight is 489 g/mol. The van der Waals surface area contributed by atoms with E-state index in [1.165, 1.54) is 24.3 Å². The lowest BCUT2D eigenvalue weighted by molar-refractivity contribution is 0.478. The van der Waals surface area contributed by atoms with Gasteiger partial charge in [0.15, 0.2) is 0 Å². The third-order valence-corrected chi connectivity index (χ3v) is 8.07. The molecule has 0 atom stereocenters. The zero-order valence-electron chi connectivity index (χ0n) is 20.1. The summed E-state index contributed by atoms with van der Waals surface area (Å²) in [5.41, 5.74) is 17.1. The molecule has 4 rings (SSSR count). The second-order valence-corrected chi connectivity index (χ2v) is 10.4. The van der Waals surface area contributed by atoms with E-state index < -0.39 is 9.84 Å². The Morgan fingerprint density at radius 3 is 1.20 bits per heavy atom. The highest BCUT2D eigenvalue weighted by atomic mass is 32.2. The van der Waals surface area contributed by atoms with Gasteiger partial charge in [0.2, 0.25) is 9.84 Å². The number of anilines is 2. The lowest BCUT2D eigenvalue weighted by Crippen LogP contribution is -2.02. The molecule has 7 heteroatoms. The van der Waals surface area contributed by atoms with Crippen molar-refractivity contribution in [1.82, 2.24) is 0 Å². The molecule has 0 heterocycles. The van der Waals surface area contributed by atoms with Crippen LogP contribution in [-0.4, -0.2) is 8.42 Å². The van der Waals surface area contributed by atoms with Crippen molar-refractivity contribution in [3.8, 4) is 23.0 Å². The standard InChI is InChI=1S/C28H28N2O4S/c1-17-19(3)27(15-13-25(17)29)33-21-5-9-23(10-6-21)35(31,32)24-11-7-22(8-12-24)34-28-16-14-26(30)18(2)20(28)4/h5-16H,29-30H2,1-4H3. The molecule has 0 aliphatic heterocycles. The first-order chi connectivity index (χ1) is 16.6. The Morgan fingerprint density at radius 1 is 0.514 bits per heavy atom. The van der Waals surface area contributed by atoms with E-state index in [4.69, 9.17) is 20.9 Å². The lowest BCUT2D eigenvalue weighted by Gasteiger charge is -2.13. The topological polar surface area (TPSA) is 105 Å². The van der Waals surface area contributed by atoms with Gasteiger partial charge in [-0.3, -0.25) is 0 Å². The maximum Gasteiger partial charge on any atom is 0.206 e. The normalized spacial score (nSPS) is 11.3. The zero-order chi connectivity index (χ0) is 25.3. The molecule has 0 saturated carbocycles. The van der Waals surface area contributed by atoms with Gasteiger partial charge in [-0.2, -0.15) is 0 Å². The lowest BCUT2D eigenvalue weighted by atomic mass is 10.1. The molecule has 0 amide bonds. The molecule has 4 N–H and O–H groups in total. The van der Waals surface area contributed by atoms with E-state index in [0.717, 1.165) is 22.3 Å². The van der Waals surface area contributed by atoms with Gasteiger partial charge in [-0.15, -0.1) is 0 Å². The fourth-order valence-corrected chi connectivity index (χ4v) is 4.88. The van der Waals surface area contributed by atoms with Gasteiger partial charge < -0.3 is 20.9 Å². The van der Waals surface area contributed by atoms with Gasteiger partial charge in [-0.05, 0) is 123 Å². The number of hydrogen-bond acceptors (Lipinski definition) is 6. The average Bonchev–Trinajstić information content (AvgIpc) is 2.85. The summed E-state index contributed by atoms with van der Waals surface area (Å²) >= 11 is 0. The highest BCUT2D eigenvalue weighted by molar-refractivity contribution is 7.91. The predicted molar refractivity (Wildman–Crippen MR) is 139 cm³/mol. The largest absolute Gasteiger partial charge is 0.457 e. The molecule has 6 nitrogen and oxygen atoms in total. The van der Waals surface area contributed by atoms with Crippen molar-refractivity contribution in [2.75, 3.05) is 11.5 Å². The van der Waals surface area contributed by atoms with Crippen LogP contribution < -0.4 is 20.9 Å². The molecule has 4 aromatic carbocycles. The Labute approximate surface area is 206 Å². The van der Waals surface area contributed by atoms with E-state index in [0.29, 0.717) is 34.4 Å². The van der Waals surface area contributed by atoms with Gasteiger partial charge in [0.05, 0.1) is 9.79 Å². The van der Waals surface area contributed by atoms with E-state index in [-0.39, 0.29) is 9.79 Å². The Balaban J connectivity index is 1.52. The van der Waals surface area contributed by atoms with E-state index in [2.05, 4.69) is 0 Å². The summed E-state index contributed by atoms with van der Waals surface area (Å²) in [7, 11) is -3.70. The van der Waals surface area contributed by atoms with Gasteiger partial charge in [0.1, 0.15) is 23.0 Å². The highest BCUT2D eigenvalue weighted by Crippen LogP contribution is 2.33. The second-order valence-electron chi connectivity index (χ2n) is 8.46. The summed E-state index contributed by atoms with van der Waals surface area (Å²) in [4.78, 5) is 0.350. The van der Waals surface area contributed by atoms with Crippen LogP contribution in [0.4, 0.5) is 11.4 Å². The van der Waals surface area contributed by atoms with E-state index in [1.54, 1.807) is 48.5 Å². The van der Waals surface area contributed by atoms with Crippen LogP contribution in [0.3, 0.4) is 0 Å². The van der Waals surface area contributed by atoms with Crippen LogP contribution in [0.15, 0.2) is 82.6 Å². The van der Waals surface area contributed by atoms with Gasteiger partial charge >= 0.3 is 0 Å². The van der Waals surface area contributed by atoms with Crippen molar-refractivity contribution in [3.63, 3.8) is 0 Å². The van der Waals surface area contributed by atoms with Crippen LogP contribution in [0.2, 0.25) is 0 Å². The SMILES string of the molecule is Cc1c(N)ccc(Oc2ccc(S(=O)(=O)c3ccc(Oc4ccc(N)c(C)c4C)cc3)cc2)c1C. The first-order valence-electron chi connectivity index (χ1n) is 11.1. The molecule has 0 unspecified atom stereocenters. The smallest absolute Gasteiger partial charge is 0.206 e. The minimum atomic E-state index is -3.70. The van der Waals surface area contributed by atoms with Crippen molar-refractivity contribution in [1.29, 1.82) is 0 Å². The van der Waals surface area contributed by atoms with Gasteiger partial charge in [0, 0.05) is 11.4 Å². The number of nitrogens with two attached hydrogens (primary N) is 2. The number of benzene rings is 4. The summed E-state index contributed by atoms with van der Waals surface area (Å²) in [6, 6.07) is 19.9. The van der Waals surface area contributed by atoms with Gasteiger partial charge in [0.25, 0.3) is 0 Å². The minimum Gasteiger partial charge on any atom is -0.457 e. The minimum absolute atomic E-state index is 0.175. The van der Waals surface area contributed by atoms with E-state index in [9.17, 15) is 8.42 Å². The molecular formula is C28H28N2O4S. The monoisotopic (exact) mass is 488 g/mol. The number of hydrogen-bond donors (Lipinski definition) is 2. The predicted octanol–water partition coefficient (Wildman–Crippen LogP) is 6.50. The third-order valence-electron chi connectivity index (χ3n) is 6.28. The van der Waals surface area contributed by atoms with E-state index >= 15 is 0 Å². The zero-order valence-corrected chi connectivity index (χ0v) is 20.9. The number of sulfone groups is 1. The molecule has 0 radical (unpaired) electrons. The van der Waals surface area contributed by atoms with Crippen molar-refractivity contribution >= 4 is 21.2 Å². The number of nitrogen functional groups attached to an aromatic ring is 2. The van der Waals surface area contributed by atoms with Crippen molar-refractivity contribution < 1.29 is 17.9 Å². The molecule has 0 saturated heterocycles. The van der Waals surface area contributed by atoms with E-state index in [1.807, 2.05) is 27.7 Å². The highest BCUT2D eigenvalue weighted by Gasteiger charge is 2.18. The van der Waals surface area contributed by atoms with Crippen LogP contribution in [0, 0.1) is 27.7 Å². The molecule has 0 fully saturated rings. The molecule has 4 aromatic rings.